The van der Waals surface area contributed by atoms with E-state index in [1.165, 1.54) is 6.08 Å². The summed E-state index contributed by atoms with van der Waals surface area (Å²) in [6.45, 7) is 7.70. The van der Waals surface area contributed by atoms with Crippen molar-refractivity contribution in [1.82, 2.24) is 0 Å². The fourth-order valence-corrected chi connectivity index (χ4v) is 4.18. The molecule has 0 amide bonds. The van der Waals surface area contributed by atoms with Crippen LogP contribution in [-0.2, 0) is 14.4 Å². The van der Waals surface area contributed by atoms with Gasteiger partial charge in [0, 0.05) is 17.3 Å². The Morgan fingerprint density at radius 2 is 1.62 bits per heavy atom. The zero-order chi connectivity index (χ0) is 15.6. The van der Waals surface area contributed by atoms with Crippen LogP contribution in [0.3, 0.4) is 0 Å². The van der Waals surface area contributed by atoms with Crippen molar-refractivity contribution in [2.24, 2.45) is 16.2 Å². The molecule has 2 atom stereocenters. The highest BCUT2D eigenvalue weighted by Crippen LogP contribution is 2.60. The van der Waals surface area contributed by atoms with Gasteiger partial charge in [-0.25, -0.2) is 0 Å². The average molecular weight is 284 g/mol. The van der Waals surface area contributed by atoms with Crippen molar-refractivity contribution in [1.29, 1.82) is 0 Å². The standard InChI is InChI=1S/C18H20O3/c1-16(2)12-10-15(21)18(4)7-5-11(19)9-13(18)17(12,3)8-6-14(16)20/h5,7,9-10H,6,8H2,1-4H3/t17-,18-/m0/s1. The number of Topliss-reactive ketones (excluding diaryl/α,β-unsaturated/α-hetero) is 1. The maximum Gasteiger partial charge on any atom is 0.178 e. The molecule has 3 rings (SSSR count). The second-order valence-electron chi connectivity index (χ2n) is 7.30. The Morgan fingerprint density at radius 1 is 0.952 bits per heavy atom. The van der Waals surface area contributed by atoms with E-state index in [9.17, 15) is 14.4 Å². The van der Waals surface area contributed by atoms with Crippen molar-refractivity contribution in [3.8, 4) is 0 Å². The lowest BCUT2D eigenvalue weighted by molar-refractivity contribution is -0.129. The van der Waals surface area contributed by atoms with Gasteiger partial charge in [-0.15, -0.1) is 0 Å². The fraction of sp³-hybridized carbons (Fsp3) is 0.500. The molecule has 0 aliphatic heterocycles. The molecule has 0 spiro atoms. The predicted octanol–water partition coefficient (Wildman–Crippen LogP) is 2.96. The highest BCUT2D eigenvalue weighted by molar-refractivity contribution is 6.10. The van der Waals surface area contributed by atoms with Gasteiger partial charge in [-0.2, -0.15) is 0 Å². The van der Waals surface area contributed by atoms with Crippen molar-refractivity contribution in [2.75, 3.05) is 0 Å². The lowest BCUT2D eigenvalue weighted by atomic mass is 9.49. The van der Waals surface area contributed by atoms with Crippen LogP contribution in [0.2, 0.25) is 0 Å². The van der Waals surface area contributed by atoms with E-state index >= 15 is 0 Å². The largest absolute Gasteiger partial charge is 0.299 e. The quantitative estimate of drug-likeness (QED) is 0.687. The summed E-state index contributed by atoms with van der Waals surface area (Å²) in [7, 11) is 0. The molecule has 0 aromatic heterocycles. The van der Waals surface area contributed by atoms with Crippen molar-refractivity contribution < 1.29 is 14.4 Å². The van der Waals surface area contributed by atoms with E-state index in [1.54, 1.807) is 18.2 Å². The van der Waals surface area contributed by atoms with Gasteiger partial charge in [-0.1, -0.05) is 13.0 Å². The highest BCUT2D eigenvalue weighted by atomic mass is 16.1. The Balaban J connectivity index is 2.29. The lowest BCUT2D eigenvalue weighted by Gasteiger charge is -2.53. The first-order valence-corrected chi connectivity index (χ1v) is 7.38. The lowest BCUT2D eigenvalue weighted by Crippen LogP contribution is -2.50. The van der Waals surface area contributed by atoms with Crippen molar-refractivity contribution >= 4 is 17.3 Å². The number of hydrogen-bond acceptors (Lipinski definition) is 3. The third-order valence-corrected chi connectivity index (χ3v) is 5.63. The number of rotatable bonds is 0. The van der Waals surface area contributed by atoms with Gasteiger partial charge in [0.25, 0.3) is 0 Å². The average Bonchev–Trinajstić information content (AvgIpc) is 2.41. The number of hydrogen-bond donors (Lipinski definition) is 0. The zero-order valence-electron chi connectivity index (χ0n) is 12.9. The Morgan fingerprint density at radius 3 is 2.29 bits per heavy atom. The maximum absolute atomic E-state index is 12.7. The normalized spacial score (nSPS) is 37.6. The highest BCUT2D eigenvalue weighted by Gasteiger charge is 2.56. The molecule has 0 heterocycles. The molecule has 21 heavy (non-hydrogen) atoms. The molecule has 0 saturated heterocycles. The first-order valence-electron chi connectivity index (χ1n) is 7.38. The van der Waals surface area contributed by atoms with Crippen LogP contribution in [0.1, 0.15) is 40.5 Å². The van der Waals surface area contributed by atoms with Gasteiger partial charge in [0.1, 0.15) is 5.78 Å². The third-order valence-electron chi connectivity index (χ3n) is 5.63. The number of carbonyl (C=O) groups is 3. The van der Waals surface area contributed by atoms with E-state index in [0.29, 0.717) is 12.8 Å². The van der Waals surface area contributed by atoms with Gasteiger partial charge in [0.15, 0.2) is 11.6 Å². The topological polar surface area (TPSA) is 51.2 Å². The molecular formula is C18H20O3. The minimum absolute atomic E-state index is 0.0345. The predicted molar refractivity (Wildman–Crippen MR) is 79.6 cm³/mol. The Hall–Kier alpha value is -1.77. The van der Waals surface area contributed by atoms with Crippen LogP contribution in [0.4, 0.5) is 0 Å². The summed E-state index contributed by atoms with van der Waals surface area (Å²) in [4.78, 5) is 36.8. The summed E-state index contributed by atoms with van der Waals surface area (Å²) in [5, 5.41) is 0. The fourth-order valence-electron chi connectivity index (χ4n) is 4.18. The number of fused-ring (bicyclic) bond motifs is 3. The molecule has 0 aromatic carbocycles. The van der Waals surface area contributed by atoms with E-state index in [-0.39, 0.29) is 22.8 Å². The molecular weight excluding hydrogens is 264 g/mol. The van der Waals surface area contributed by atoms with Gasteiger partial charge < -0.3 is 0 Å². The van der Waals surface area contributed by atoms with Gasteiger partial charge in [0.2, 0.25) is 0 Å². The van der Waals surface area contributed by atoms with Crippen LogP contribution in [-0.4, -0.2) is 17.3 Å². The van der Waals surface area contributed by atoms with Crippen molar-refractivity contribution in [3.05, 3.63) is 35.5 Å². The number of allylic oxidation sites excluding steroid dienone is 6. The molecule has 3 aliphatic carbocycles. The minimum Gasteiger partial charge on any atom is -0.299 e. The molecule has 3 nitrogen and oxygen atoms in total. The summed E-state index contributed by atoms with van der Waals surface area (Å²) in [5.41, 5.74) is -0.0633. The van der Waals surface area contributed by atoms with Gasteiger partial charge >= 0.3 is 0 Å². The number of carbonyl (C=O) groups excluding carboxylic acids is 3. The molecule has 1 saturated carbocycles. The second kappa shape index (κ2) is 3.90. The van der Waals surface area contributed by atoms with E-state index in [2.05, 4.69) is 6.92 Å². The van der Waals surface area contributed by atoms with Gasteiger partial charge in [0.05, 0.1) is 5.41 Å². The molecule has 0 aromatic rings. The van der Waals surface area contributed by atoms with Crippen LogP contribution in [0.15, 0.2) is 35.5 Å². The van der Waals surface area contributed by atoms with Gasteiger partial charge in [-0.3, -0.25) is 14.4 Å². The monoisotopic (exact) mass is 284 g/mol. The molecule has 0 bridgehead atoms. The Bertz CT molecular complexity index is 675. The zero-order valence-corrected chi connectivity index (χ0v) is 12.9. The first kappa shape index (κ1) is 14.2. The summed E-state index contributed by atoms with van der Waals surface area (Å²) in [6, 6.07) is 0. The van der Waals surface area contributed by atoms with Crippen molar-refractivity contribution in [3.63, 3.8) is 0 Å². The van der Waals surface area contributed by atoms with Crippen molar-refractivity contribution in [2.45, 2.75) is 40.5 Å². The van der Waals surface area contributed by atoms with Crippen LogP contribution < -0.4 is 0 Å². The van der Waals surface area contributed by atoms with E-state index in [1.807, 2.05) is 20.8 Å². The smallest absolute Gasteiger partial charge is 0.178 e. The first-order chi connectivity index (χ1) is 9.62. The molecule has 3 aliphatic rings. The third kappa shape index (κ3) is 1.63. The molecule has 0 radical (unpaired) electrons. The Labute approximate surface area is 124 Å². The minimum atomic E-state index is -0.747. The Kier molecular flexibility index (Phi) is 2.64. The number of ketones is 3. The summed E-state index contributed by atoms with van der Waals surface area (Å²) in [5.74, 6) is 0.0566. The van der Waals surface area contributed by atoms with Crippen LogP contribution in [0.25, 0.3) is 0 Å². The van der Waals surface area contributed by atoms with Crippen LogP contribution in [0.5, 0.6) is 0 Å². The SMILES string of the molecule is CC1(C)C(=O)CC[C@@]2(C)C1=CC(=O)[C@@]1(C)C=CC(=O)C=C12. The second-order valence-corrected chi connectivity index (χ2v) is 7.30. The van der Waals surface area contributed by atoms with E-state index in [0.717, 1.165) is 11.1 Å². The van der Waals surface area contributed by atoms with Crippen LogP contribution in [0, 0.1) is 16.2 Å². The molecule has 0 N–H and O–H groups in total. The van der Waals surface area contributed by atoms with E-state index < -0.39 is 10.8 Å². The van der Waals surface area contributed by atoms with Crippen LogP contribution >= 0.6 is 0 Å². The van der Waals surface area contributed by atoms with E-state index in [4.69, 9.17) is 0 Å². The molecule has 3 heteroatoms. The summed E-state index contributed by atoms with van der Waals surface area (Å²) in [6.07, 6.45) is 7.61. The van der Waals surface area contributed by atoms with Gasteiger partial charge in [-0.05, 0) is 56.6 Å². The summed E-state index contributed by atoms with van der Waals surface area (Å²) >= 11 is 0. The molecule has 0 unspecified atom stereocenters. The molecule has 110 valence electrons. The summed E-state index contributed by atoms with van der Waals surface area (Å²) < 4.78 is 0. The maximum atomic E-state index is 12.7. The molecule has 1 fully saturated rings.